The van der Waals surface area contributed by atoms with Gasteiger partial charge in [0.05, 0.1) is 19.1 Å². The van der Waals surface area contributed by atoms with Gasteiger partial charge in [-0.3, -0.25) is 0 Å². The van der Waals surface area contributed by atoms with Crippen molar-refractivity contribution in [3.63, 3.8) is 0 Å². The molecule has 0 aliphatic rings. The Labute approximate surface area is 145 Å². The molecule has 1 aromatic carbocycles. The van der Waals surface area contributed by atoms with Gasteiger partial charge in [0.2, 0.25) is 0 Å². The molecule has 0 saturated carbocycles. The van der Waals surface area contributed by atoms with Crippen molar-refractivity contribution in [3.05, 3.63) is 35.9 Å². The maximum absolute atomic E-state index is 5.58. The highest BCUT2D eigenvalue weighted by atomic mass is 32.1. The predicted molar refractivity (Wildman–Crippen MR) is 101 cm³/mol. The highest BCUT2D eigenvalue weighted by molar-refractivity contribution is 7.80. The molecule has 0 saturated heterocycles. The summed E-state index contributed by atoms with van der Waals surface area (Å²) in [6.07, 6.45) is 5.20. The van der Waals surface area contributed by atoms with Crippen LogP contribution in [0.1, 0.15) is 57.4 Å². The van der Waals surface area contributed by atoms with Crippen LogP contribution in [-0.2, 0) is 9.47 Å². The van der Waals surface area contributed by atoms with Crippen molar-refractivity contribution in [1.82, 2.24) is 0 Å². The van der Waals surface area contributed by atoms with E-state index in [1.807, 2.05) is 19.9 Å². The number of rotatable bonds is 10. The second kappa shape index (κ2) is 11.6. The molecule has 1 unspecified atom stereocenters. The second-order valence-electron chi connectivity index (χ2n) is 5.12. The molecule has 0 aliphatic carbocycles. The molecule has 0 aliphatic heterocycles. The van der Waals surface area contributed by atoms with Gasteiger partial charge >= 0.3 is 0 Å². The summed E-state index contributed by atoms with van der Waals surface area (Å²) in [4.78, 5) is 0. The molecule has 2 nitrogen and oxygen atoms in total. The molecule has 4 heteroatoms. The Kier molecular flexibility index (Phi) is 10.0. The van der Waals surface area contributed by atoms with E-state index in [-0.39, 0.29) is 5.92 Å². The van der Waals surface area contributed by atoms with Gasteiger partial charge in [0, 0.05) is 6.42 Å². The Balaban J connectivity index is 2.42. The van der Waals surface area contributed by atoms with Gasteiger partial charge < -0.3 is 9.47 Å². The lowest BCUT2D eigenvalue weighted by Gasteiger charge is -2.18. The van der Waals surface area contributed by atoms with E-state index >= 15 is 0 Å². The highest BCUT2D eigenvalue weighted by Gasteiger charge is 2.17. The summed E-state index contributed by atoms with van der Waals surface area (Å²) in [7, 11) is 0. The summed E-state index contributed by atoms with van der Waals surface area (Å²) in [5.74, 6) is 0.204. The van der Waals surface area contributed by atoms with Crippen LogP contribution in [0.5, 0.6) is 0 Å². The standard InChI is InChI=1S/C18H26O2S2/c1-3-19-17(21)14-10-6-9-13-16(18(22)20-4-2)15-11-7-5-8-12-15/h5,7-8,11-12,16H,3-4,6,9-10,13-14H2,1-2H3. The zero-order valence-electron chi connectivity index (χ0n) is 13.5. The van der Waals surface area contributed by atoms with Gasteiger partial charge in [-0.05, 0) is 56.7 Å². The first-order chi connectivity index (χ1) is 10.7. The summed E-state index contributed by atoms with van der Waals surface area (Å²) < 4.78 is 10.9. The molecule has 0 spiro atoms. The first kappa shape index (κ1) is 19.0. The Morgan fingerprint density at radius 3 is 2.27 bits per heavy atom. The number of unbranched alkanes of at least 4 members (excludes halogenated alkanes) is 2. The second-order valence-corrected chi connectivity index (χ2v) is 5.98. The van der Waals surface area contributed by atoms with Crippen LogP contribution in [0, 0.1) is 0 Å². The largest absolute Gasteiger partial charge is 0.487 e. The molecular weight excluding hydrogens is 312 g/mol. The number of hydrogen-bond donors (Lipinski definition) is 0. The molecule has 0 fully saturated rings. The number of hydrogen-bond acceptors (Lipinski definition) is 4. The minimum atomic E-state index is 0.204. The minimum absolute atomic E-state index is 0.204. The van der Waals surface area contributed by atoms with Gasteiger partial charge in [-0.1, -0.05) is 43.2 Å². The summed E-state index contributed by atoms with van der Waals surface area (Å²) in [5, 5.41) is 1.44. The fourth-order valence-corrected chi connectivity index (χ4v) is 3.01. The van der Waals surface area contributed by atoms with Gasteiger partial charge in [-0.25, -0.2) is 0 Å². The lowest BCUT2D eigenvalue weighted by Crippen LogP contribution is -2.14. The molecule has 0 bridgehead atoms. The fourth-order valence-electron chi connectivity index (χ4n) is 2.38. The summed E-state index contributed by atoms with van der Waals surface area (Å²) in [6.45, 7) is 5.23. The summed E-state index contributed by atoms with van der Waals surface area (Å²) in [6, 6.07) is 10.4. The first-order valence-corrected chi connectivity index (χ1v) is 8.87. The molecule has 1 rings (SSSR count). The van der Waals surface area contributed by atoms with E-state index in [4.69, 9.17) is 33.9 Å². The average Bonchev–Trinajstić information content (AvgIpc) is 2.52. The number of ether oxygens (including phenoxy) is 2. The van der Waals surface area contributed by atoms with Gasteiger partial charge in [-0.15, -0.1) is 0 Å². The zero-order valence-corrected chi connectivity index (χ0v) is 15.2. The Morgan fingerprint density at radius 2 is 1.64 bits per heavy atom. The van der Waals surface area contributed by atoms with E-state index < -0.39 is 0 Å². The zero-order chi connectivity index (χ0) is 16.2. The van der Waals surface area contributed by atoms with Gasteiger partial charge in [-0.2, -0.15) is 0 Å². The van der Waals surface area contributed by atoms with E-state index in [1.165, 1.54) is 5.56 Å². The molecule has 0 amide bonds. The van der Waals surface area contributed by atoms with Crippen molar-refractivity contribution < 1.29 is 9.47 Å². The van der Waals surface area contributed by atoms with E-state index in [0.717, 1.165) is 37.2 Å². The van der Waals surface area contributed by atoms with Crippen LogP contribution in [0.15, 0.2) is 30.3 Å². The third-order valence-corrected chi connectivity index (χ3v) is 4.18. The van der Waals surface area contributed by atoms with Crippen molar-refractivity contribution in [1.29, 1.82) is 0 Å². The molecule has 122 valence electrons. The molecule has 1 atom stereocenters. The van der Waals surface area contributed by atoms with Crippen molar-refractivity contribution in [2.75, 3.05) is 13.2 Å². The first-order valence-electron chi connectivity index (χ1n) is 8.06. The maximum Gasteiger partial charge on any atom is 0.167 e. The number of benzene rings is 1. The monoisotopic (exact) mass is 338 g/mol. The Hall–Kier alpha value is -1.00. The predicted octanol–water partition coefficient (Wildman–Crippen LogP) is 5.45. The molecule has 0 radical (unpaired) electrons. The van der Waals surface area contributed by atoms with Crippen LogP contribution < -0.4 is 0 Å². The van der Waals surface area contributed by atoms with Gasteiger partial charge in [0.15, 0.2) is 10.1 Å². The smallest absolute Gasteiger partial charge is 0.167 e. The lowest BCUT2D eigenvalue weighted by molar-refractivity contribution is 0.317. The minimum Gasteiger partial charge on any atom is -0.487 e. The normalized spacial score (nSPS) is 11.7. The Bertz CT molecular complexity index is 446. The van der Waals surface area contributed by atoms with Crippen LogP contribution in [0.4, 0.5) is 0 Å². The van der Waals surface area contributed by atoms with Crippen molar-refractivity contribution in [3.8, 4) is 0 Å². The third-order valence-electron chi connectivity index (χ3n) is 3.45. The third kappa shape index (κ3) is 7.32. The summed E-state index contributed by atoms with van der Waals surface area (Å²) in [5.41, 5.74) is 1.24. The van der Waals surface area contributed by atoms with Crippen molar-refractivity contribution in [2.45, 2.75) is 51.9 Å². The molecule has 0 N–H and O–H groups in total. The molecule has 22 heavy (non-hydrogen) atoms. The van der Waals surface area contributed by atoms with Crippen LogP contribution in [0.3, 0.4) is 0 Å². The van der Waals surface area contributed by atoms with Crippen LogP contribution in [0.2, 0.25) is 0 Å². The number of thiocarbonyl (C=S) groups is 2. The van der Waals surface area contributed by atoms with E-state index in [2.05, 4.69) is 24.3 Å². The quantitative estimate of drug-likeness (QED) is 0.417. The average molecular weight is 339 g/mol. The van der Waals surface area contributed by atoms with E-state index in [9.17, 15) is 0 Å². The maximum atomic E-state index is 5.58. The highest BCUT2D eigenvalue weighted by Crippen LogP contribution is 2.25. The molecular formula is C18H26O2S2. The fraction of sp³-hybridized carbons (Fsp3) is 0.556. The van der Waals surface area contributed by atoms with Crippen LogP contribution in [-0.4, -0.2) is 23.3 Å². The van der Waals surface area contributed by atoms with E-state index in [0.29, 0.717) is 18.3 Å². The van der Waals surface area contributed by atoms with Gasteiger partial charge in [0.25, 0.3) is 0 Å². The van der Waals surface area contributed by atoms with Crippen LogP contribution >= 0.6 is 24.4 Å². The van der Waals surface area contributed by atoms with Crippen LogP contribution in [0.25, 0.3) is 0 Å². The van der Waals surface area contributed by atoms with E-state index in [1.54, 1.807) is 0 Å². The SMILES string of the molecule is CCOC(=S)CCCCCC(C(=S)OCC)c1ccccc1. The van der Waals surface area contributed by atoms with Gasteiger partial charge in [0.1, 0.15) is 0 Å². The molecule has 0 heterocycles. The summed E-state index contributed by atoms with van der Waals surface area (Å²) >= 11 is 10.6. The van der Waals surface area contributed by atoms with Crippen molar-refractivity contribution in [2.24, 2.45) is 0 Å². The van der Waals surface area contributed by atoms with Crippen molar-refractivity contribution >= 4 is 34.5 Å². The Morgan fingerprint density at radius 1 is 0.955 bits per heavy atom. The molecule has 0 aromatic heterocycles. The molecule has 1 aromatic rings. The topological polar surface area (TPSA) is 18.5 Å². The lowest BCUT2D eigenvalue weighted by atomic mass is 9.93.